The third-order valence-corrected chi connectivity index (χ3v) is 6.64. The van der Waals surface area contributed by atoms with Gasteiger partial charge in [0.25, 0.3) is 5.91 Å². The van der Waals surface area contributed by atoms with Crippen molar-refractivity contribution in [2.45, 2.75) is 18.2 Å². The van der Waals surface area contributed by atoms with Crippen LogP contribution in [0.2, 0.25) is 5.02 Å². The Bertz CT molecular complexity index is 1210. The van der Waals surface area contributed by atoms with Gasteiger partial charge in [0, 0.05) is 22.5 Å². The minimum Gasteiger partial charge on any atom is -0.456 e. The fraction of sp³-hybridized carbons (Fsp3) is 0.190. The van der Waals surface area contributed by atoms with E-state index < -0.39 is 28.5 Å². The predicted molar refractivity (Wildman–Crippen MR) is 123 cm³/mol. The third-order valence-electron chi connectivity index (χ3n) is 4.19. The van der Waals surface area contributed by atoms with Crippen LogP contribution in [-0.2, 0) is 24.3 Å². The number of halogens is 1. The number of ether oxygens (including phenoxy) is 1. The van der Waals surface area contributed by atoms with E-state index in [1.165, 1.54) is 29.5 Å². The lowest BCUT2D eigenvalue weighted by atomic mass is 10.1. The molecule has 3 aromatic rings. The second-order valence-corrected chi connectivity index (χ2v) is 9.78. The molecule has 1 heterocycles. The molecule has 1 amide bonds. The van der Waals surface area contributed by atoms with Gasteiger partial charge in [-0.2, -0.15) is 0 Å². The molecule has 2 N–H and O–H groups in total. The topological polar surface area (TPSA) is 114 Å². The van der Waals surface area contributed by atoms with Gasteiger partial charge >= 0.3 is 5.97 Å². The molecule has 0 aliphatic heterocycles. The van der Waals surface area contributed by atoms with E-state index in [0.29, 0.717) is 5.13 Å². The number of amides is 1. The largest absolute Gasteiger partial charge is 0.456 e. The van der Waals surface area contributed by atoms with Crippen LogP contribution >= 0.6 is 22.9 Å². The number of esters is 1. The van der Waals surface area contributed by atoms with Crippen molar-refractivity contribution in [3.8, 4) is 11.3 Å². The Hall–Kier alpha value is -2.79. The van der Waals surface area contributed by atoms with E-state index in [1.807, 2.05) is 36.6 Å². The van der Waals surface area contributed by atoms with Gasteiger partial charge in [-0.25, -0.2) is 18.1 Å². The SMILES string of the molecule is Cc1ccc(-c2csc(NC(=O)COC(=O)CCNS(=O)(=O)c3cccc(Cl)c3)n2)cc1. The molecule has 168 valence electrons. The molecule has 0 aliphatic carbocycles. The zero-order valence-corrected chi connectivity index (χ0v) is 19.4. The van der Waals surface area contributed by atoms with Crippen molar-refractivity contribution in [2.75, 3.05) is 18.5 Å². The van der Waals surface area contributed by atoms with Gasteiger partial charge in [-0.3, -0.25) is 14.9 Å². The number of nitrogens with one attached hydrogen (secondary N) is 2. The Morgan fingerprint density at radius 1 is 1.16 bits per heavy atom. The highest BCUT2D eigenvalue weighted by atomic mass is 35.5. The monoisotopic (exact) mass is 493 g/mol. The Balaban J connectivity index is 1.41. The highest BCUT2D eigenvalue weighted by Crippen LogP contribution is 2.25. The summed E-state index contributed by atoms with van der Waals surface area (Å²) in [5, 5.41) is 5.06. The normalized spacial score (nSPS) is 11.2. The molecule has 11 heteroatoms. The van der Waals surface area contributed by atoms with Gasteiger partial charge in [0.2, 0.25) is 10.0 Å². The number of benzene rings is 2. The van der Waals surface area contributed by atoms with Crippen LogP contribution in [0.15, 0.2) is 58.8 Å². The average Bonchev–Trinajstić information content (AvgIpc) is 3.21. The lowest BCUT2D eigenvalue weighted by molar-refractivity contribution is -0.147. The Labute approximate surface area is 194 Å². The fourth-order valence-electron chi connectivity index (χ4n) is 2.57. The third kappa shape index (κ3) is 6.86. The quantitative estimate of drug-likeness (QED) is 0.440. The molecule has 0 unspecified atom stereocenters. The van der Waals surface area contributed by atoms with Gasteiger partial charge in [0.1, 0.15) is 0 Å². The summed E-state index contributed by atoms with van der Waals surface area (Å²) in [6.07, 6.45) is -0.234. The first-order valence-electron chi connectivity index (χ1n) is 9.46. The highest BCUT2D eigenvalue weighted by molar-refractivity contribution is 7.89. The maximum atomic E-state index is 12.2. The molecule has 0 spiro atoms. The summed E-state index contributed by atoms with van der Waals surface area (Å²) in [5.74, 6) is -1.25. The zero-order chi connectivity index (χ0) is 23.1. The van der Waals surface area contributed by atoms with Gasteiger partial charge in [0.15, 0.2) is 11.7 Å². The summed E-state index contributed by atoms with van der Waals surface area (Å²) in [6, 6.07) is 13.6. The van der Waals surface area contributed by atoms with Gasteiger partial charge in [0.05, 0.1) is 17.0 Å². The molecule has 0 radical (unpaired) electrons. The first-order valence-corrected chi connectivity index (χ1v) is 12.2. The lowest BCUT2D eigenvalue weighted by Crippen LogP contribution is -2.28. The summed E-state index contributed by atoms with van der Waals surface area (Å²) in [5.41, 5.74) is 2.80. The molecule has 0 saturated carbocycles. The van der Waals surface area contributed by atoms with E-state index in [0.717, 1.165) is 16.8 Å². The number of carbonyl (C=O) groups is 2. The van der Waals surface area contributed by atoms with Crippen molar-refractivity contribution in [1.82, 2.24) is 9.71 Å². The number of hydrogen-bond donors (Lipinski definition) is 2. The summed E-state index contributed by atoms with van der Waals surface area (Å²) in [4.78, 5) is 28.2. The number of sulfonamides is 1. The summed E-state index contributed by atoms with van der Waals surface area (Å²) in [7, 11) is -3.80. The summed E-state index contributed by atoms with van der Waals surface area (Å²) < 4.78 is 31.5. The van der Waals surface area contributed by atoms with Crippen molar-refractivity contribution < 1.29 is 22.7 Å². The average molecular weight is 494 g/mol. The molecule has 3 rings (SSSR count). The molecule has 0 bridgehead atoms. The molecule has 0 aliphatic rings. The first kappa shape index (κ1) is 23.9. The van der Waals surface area contributed by atoms with Gasteiger partial charge in [-0.05, 0) is 25.1 Å². The number of thiazole rings is 1. The van der Waals surface area contributed by atoms with Crippen LogP contribution in [0.3, 0.4) is 0 Å². The lowest BCUT2D eigenvalue weighted by Gasteiger charge is -2.07. The van der Waals surface area contributed by atoms with Crippen LogP contribution < -0.4 is 10.0 Å². The number of carbonyl (C=O) groups excluding carboxylic acids is 2. The Morgan fingerprint density at radius 2 is 1.91 bits per heavy atom. The van der Waals surface area contributed by atoms with Crippen molar-refractivity contribution >= 4 is 50.0 Å². The Morgan fingerprint density at radius 3 is 2.62 bits per heavy atom. The van der Waals surface area contributed by atoms with Crippen LogP contribution in [0.25, 0.3) is 11.3 Å². The summed E-state index contributed by atoms with van der Waals surface area (Å²) in [6.45, 7) is 1.31. The number of rotatable bonds is 9. The highest BCUT2D eigenvalue weighted by Gasteiger charge is 2.16. The number of aryl methyl sites for hydroxylation is 1. The van der Waals surface area contributed by atoms with Crippen LogP contribution in [0.1, 0.15) is 12.0 Å². The predicted octanol–water partition coefficient (Wildman–Crippen LogP) is 3.62. The second-order valence-electron chi connectivity index (χ2n) is 6.72. The summed E-state index contributed by atoms with van der Waals surface area (Å²) >= 11 is 7.05. The van der Waals surface area contributed by atoms with E-state index in [1.54, 1.807) is 6.07 Å². The molecule has 0 saturated heterocycles. The van der Waals surface area contributed by atoms with Crippen LogP contribution in [0.5, 0.6) is 0 Å². The van der Waals surface area contributed by atoms with Crippen LogP contribution in [0.4, 0.5) is 5.13 Å². The number of nitrogens with zero attached hydrogens (tertiary/aromatic N) is 1. The molecule has 32 heavy (non-hydrogen) atoms. The maximum Gasteiger partial charge on any atom is 0.307 e. The number of hydrogen-bond acceptors (Lipinski definition) is 7. The molecule has 1 aromatic heterocycles. The van der Waals surface area contributed by atoms with Gasteiger partial charge < -0.3 is 4.74 Å². The molecule has 2 aromatic carbocycles. The van der Waals surface area contributed by atoms with E-state index in [4.69, 9.17) is 16.3 Å². The standard InChI is InChI=1S/C21H20ClN3O5S2/c1-14-5-7-15(8-6-14)18-13-31-21(24-18)25-19(26)12-30-20(27)9-10-23-32(28,29)17-4-2-3-16(22)11-17/h2-8,11,13,23H,9-10,12H2,1H3,(H,24,25,26). The van der Waals surface area contributed by atoms with E-state index in [-0.39, 0.29) is 22.9 Å². The van der Waals surface area contributed by atoms with Crippen molar-refractivity contribution in [2.24, 2.45) is 0 Å². The van der Waals surface area contributed by atoms with E-state index in [9.17, 15) is 18.0 Å². The number of anilines is 1. The van der Waals surface area contributed by atoms with E-state index >= 15 is 0 Å². The van der Waals surface area contributed by atoms with Gasteiger partial charge in [-0.1, -0.05) is 47.5 Å². The minimum absolute atomic E-state index is 0.00815. The molecule has 0 fully saturated rings. The maximum absolute atomic E-state index is 12.2. The number of aromatic nitrogens is 1. The first-order chi connectivity index (χ1) is 15.2. The fourth-order valence-corrected chi connectivity index (χ4v) is 4.63. The van der Waals surface area contributed by atoms with Crippen molar-refractivity contribution in [3.63, 3.8) is 0 Å². The van der Waals surface area contributed by atoms with Crippen molar-refractivity contribution in [1.29, 1.82) is 0 Å². The molecular weight excluding hydrogens is 474 g/mol. The van der Waals surface area contributed by atoms with Gasteiger partial charge in [-0.15, -0.1) is 11.3 Å². The smallest absolute Gasteiger partial charge is 0.307 e. The second kappa shape index (κ2) is 10.7. The Kier molecular flexibility index (Phi) is 7.97. The molecule has 8 nitrogen and oxygen atoms in total. The molecular formula is C21H20ClN3O5S2. The van der Waals surface area contributed by atoms with Crippen molar-refractivity contribution in [3.05, 3.63) is 64.5 Å². The van der Waals surface area contributed by atoms with Crippen LogP contribution in [-0.4, -0.2) is 38.4 Å². The van der Waals surface area contributed by atoms with E-state index in [2.05, 4.69) is 15.0 Å². The minimum atomic E-state index is -3.80. The zero-order valence-electron chi connectivity index (χ0n) is 17.0. The van der Waals surface area contributed by atoms with Crippen LogP contribution in [0, 0.1) is 6.92 Å². The molecule has 0 atom stereocenters.